The Kier molecular flexibility index (Phi) is 4.80. The van der Waals surface area contributed by atoms with Crippen LogP contribution < -0.4 is 5.32 Å². The van der Waals surface area contributed by atoms with Crippen molar-refractivity contribution in [2.24, 2.45) is 11.8 Å². The van der Waals surface area contributed by atoms with Gasteiger partial charge in [0.15, 0.2) is 0 Å². The van der Waals surface area contributed by atoms with Crippen LogP contribution in [0.4, 0.5) is 0 Å². The number of nitrogens with one attached hydrogen (secondary N) is 1. The van der Waals surface area contributed by atoms with Crippen LogP contribution in [0.2, 0.25) is 0 Å². The van der Waals surface area contributed by atoms with Crippen LogP contribution in [0.1, 0.15) is 32.1 Å². The number of hydrogen-bond acceptors (Lipinski definition) is 4. The molecule has 0 aromatic carbocycles. The summed E-state index contributed by atoms with van der Waals surface area (Å²) >= 11 is 0. The van der Waals surface area contributed by atoms with Crippen molar-refractivity contribution in [1.82, 2.24) is 5.32 Å². The van der Waals surface area contributed by atoms with Crippen LogP contribution >= 0.6 is 0 Å². The third kappa shape index (κ3) is 3.42. The van der Waals surface area contributed by atoms with E-state index in [2.05, 4.69) is 5.32 Å². The van der Waals surface area contributed by atoms with Crippen LogP contribution in [0.5, 0.6) is 0 Å². The number of rotatable bonds is 5. The predicted molar refractivity (Wildman–Crippen MR) is 64.7 cm³/mol. The van der Waals surface area contributed by atoms with E-state index < -0.39 is 0 Å². The monoisotopic (exact) mass is 241 g/mol. The largest absolute Gasteiger partial charge is 0.469 e. The Hall–Kier alpha value is -0.610. The summed E-state index contributed by atoms with van der Waals surface area (Å²) in [4.78, 5) is 11.8. The maximum atomic E-state index is 11.8. The van der Waals surface area contributed by atoms with E-state index in [9.17, 15) is 4.79 Å². The molecule has 2 atom stereocenters. The van der Waals surface area contributed by atoms with Crippen LogP contribution in [-0.4, -0.2) is 38.9 Å². The fourth-order valence-electron chi connectivity index (χ4n) is 2.89. The van der Waals surface area contributed by atoms with Crippen molar-refractivity contribution in [3.05, 3.63) is 0 Å². The molecule has 0 radical (unpaired) electrons. The van der Waals surface area contributed by atoms with Gasteiger partial charge in [-0.05, 0) is 25.2 Å². The van der Waals surface area contributed by atoms with Gasteiger partial charge in [0, 0.05) is 19.2 Å². The number of hydrogen-bond donors (Lipinski definition) is 1. The van der Waals surface area contributed by atoms with Crippen LogP contribution in [-0.2, 0) is 14.3 Å². The van der Waals surface area contributed by atoms with Gasteiger partial charge in [0.05, 0.1) is 19.6 Å². The van der Waals surface area contributed by atoms with Gasteiger partial charge in [-0.25, -0.2) is 0 Å². The van der Waals surface area contributed by atoms with Gasteiger partial charge in [0.1, 0.15) is 0 Å². The van der Waals surface area contributed by atoms with E-state index in [1.165, 1.54) is 32.8 Å². The van der Waals surface area contributed by atoms with Gasteiger partial charge in [-0.1, -0.05) is 12.8 Å². The van der Waals surface area contributed by atoms with Crippen LogP contribution in [0.25, 0.3) is 0 Å². The zero-order valence-corrected chi connectivity index (χ0v) is 10.6. The summed E-state index contributed by atoms with van der Waals surface area (Å²) in [5.41, 5.74) is 0. The van der Waals surface area contributed by atoms with Crippen molar-refractivity contribution in [2.75, 3.05) is 26.9 Å². The highest BCUT2D eigenvalue weighted by molar-refractivity contribution is 5.73. The van der Waals surface area contributed by atoms with Crippen LogP contribution in [0.3, 0.4) is 0 Å². The van der Waals surface area contributed by atoms with Gasteiger partial charge in [-0.2, -0.15) is 0 Å². The Bertz CT molecular complexity index is 245. The summed E-state index contributed by atoms with van der Waals surface area (Å²) in [6, 6.07) is 0.601. The van der Waals surface area contributed by atoms with Gasteiger partial charge >= 0.3 is 5.97 Å². The third-order valence-corrected chi connectivity index (χ3v) is 4.02. The van der Waals surface area contributed by atoms with E-state index in [0.717, 1.165) is 19.6 Å². The normalized spacial score (nSPS) is 27.2. The number of methoxy groups -OCH3 is 1. The lowest BCUT2D eigenvalue weighted by molar-refractivity contribution is -0.147. The molecule has 1 aliphatic heterocycles. The molecule has 1 aliphatic carbocycles. The maximum absolute atomic E-state index is 11.8. The van der Waals surface area contributed by atoms with E-state index in [0.29, 0.717) is 18.6 Å². The molecule has 2 rings (SSSR count). The van der Waals surface area contributed by atoms with E-state index in [-0.39, 0.29) is 11.9 Å². The van der Waals surface area contributed by atoms with Gasteiger partial charge in [0.2, 0.25) is 0 Å². The summed E-state index contributed by atoms with van der Waals surface area (Å²) in [6.07, 6.45) is 6.09. The van der Waals surface area contributed by atoms with E-state index >= 15 is 0 Å². The molecule has 1 saturated carbocycles. The van der Waals surface area contributed by atoms with Crippen molar-refractivity contribution >= 4 is 5.97 Å². The fourth-order valence-corrected chi connectivity index (χ4v) is 2.89. The minimum Gasteiger partial charge on any atom is -0.469 e. The smallest absolute Gasteiger partial charge is 0.310 e. The lowest BCUT2D eigenvalue weighted by atomic mass is 9.91. The summed E-state index contributed by atoms with van der Waals surface area (Å²) in [5.74, 6) is 0.199. The molecule has 0 bridgehead atoms. The molecule has 1 saturated heterocycles. The Balaban J connectivity index is 1.83. The highest BCUT2D eigenvalue weighted by Crippen LogP contribution is 2.24. The Morgan fingerprint density at radius 1 is 1.41 bits per heavy atom. The van der Waals surface area contributed by atoms with Crippen molar-refractivity contribution in [3.63, 3.8) is 0 Å². The van der Waals surface area contributed by atoms with Gasteiger partial charge in [-0.15, -0.1) is 0 Å². The van der Waals surface area contributed by atoms with Crippen LogP contribution in [0.15, 0.2) is 0 Å². The third-order valence-electron chi connectivity index (χ3n) is 4.02. The summed E-state index contributed by atoms with van der Waals surface area (Å²) in [5, 5.41) is 3.52. The van der Waals surface area contributed by atoms with Crippen molar-refractivity contribution in [2.45, 2.75) is 38.1 Å². The summed E-state index contributed by atoms with van der Waals surface area (Å²) < 4.78 is 10.3. The second kappa shape index (κ2) is 6.36. The van der Waals surface area contributed by atoms with E-state index in [1.807, 2.05) is 0 Å². The second-order valence-electron chi connectivity index (χ2n) is 5.14. The lowest BCUT2D eigenvalue weighted by Gasteiger charge is -2.22. The molecule has 98 valence electrons. The van der Waals surface area contributed by atoms with Crippen molar-refractivity contribution in [3.8, 4) is 0 Å². The Morgan fingerprint density at radius 2 is 2.18 bits per heavy atom. The first-order valence-electron chi connectivity index (χ1n) is 6.70. The standard InChI is InChI=1S/C13H23NO3/c1-16-13(15)12(10-6-7-17-9-10)8-14-11-4-2-3-5-11/h10-12,14H,2-9H2,1H3. The van der Waals surface area contributed by atoms with Gasteiger partial charge in [0.25, 0.3) is 0 Å². The first-order valence-corrected chi connectivity index (χ1v) is 6.70. The van der Waals surface area contributed by atoms with Gasteiger partial charge < -0.3 is 14.8 Å². The van der Waals surface area contributed by atoms with E-state index in [1.54, 1.807) is 0 Å². The zero-order chi connectivity index (χ0) is 12.1. The molecule has 2 unspecified atom stereocenters. The molecule has 2 fully saturated rings. The molecular weight excluding hydrogens is 218 g/mol. The molecule has 0 aromatic rings. The topological polar surface area (TPSA) is 47.6 Å². The molecule has 1 N–H and O–H groups in total. The SMILES string of the molecule is COC(=O)C(CNC1CCCC1)C1CCOC1. The molecule has 0 amide bonds. The van der Waals surface area contributed by atoms with Crippen LogP contribution in [0, 0.1) is 11.8 Å². The maximum Gasteiger partial charge on any atom is 0.310 e. The summed E-state index contributed by atoms with van der Waals surface area (Å²) in [6.45, 7) is 2.22. The Morgan fingerprint density at radius 3 is 2.76 bits per heavy atom. The zero-order valence-electron chi connectivity index (χ0n) is 10.6. The molecule has 4 nitrogen and oxygen atoms in total. The number of esters is 1. The number of carbonyl (C=O) groups excluding carboxylic acids is 1. The minimum atomic E-state index is -0.0917. The minimum absolute atomic E-state index is 0.0388. The lowest BCUT2D eigenvalue weighted by Crippen LogP contribution is -2.39. The molecule has 0 spiro atoms. The fraction of sp³-hybridized carbons (Fsp3) is 0.923. The first kappa shape index (κ1) is 12.8. The van der Waals surface area contributed by atoms with Gasteiger partial charge in [-0.3, -0.25) is 4.79 Å². The average Bonchev–Trinajstić information content (AvgIpc) is 3.01. The van der Waals surface area contributed by atoms with Crippen molar-refractivity contribution < 1.29 is 14.3 Å². The number of carbonyl (C=O) groups is 1. The number of ether oxygens (including phenoxy) is 2. The molecule has 2 aliphatic rings. The first-order chi connectivity index (χ1) is 8.31. The molecule has 4 heteroatoms. The quantitative estimate of drug-likeness (QED) is 0.738. The molecule has 17 heavy (non-hydrogen) atoms. The predicted octanol–water partition coefficient (Wildman–Crippen LogP) is 1.34. The molecule has 1 heterocycles. The molecular formula is C13H23NO3. The average molecular weight is 241 g/mol. The van der Waals surface area contributed by atoms with E-state index in [4.69, 9.17) is 9.47 Å². The highest BCUT2D eigenvalue weighted by Gasteiger charge is 2.32. The highest BCUT2D eigenvalue weighted by atomic mass is 16.5. The second-order valence-corrected chi connectivity index (χ2v) is 5.14. The Labute approximate surface area is 103 Å². The van der Waals surface area contributed by atoms with Crippen molar-refractivity contribution in [1.29, 1.82) is 0 Å². The summed E-state index contributed by atoms with van der Waals surface area (Å²) in [7, 11) is 1.47. The molecule has 0 aromatic heterocycles.